The van der Waals surface area contributed by atoms with Crippen molar-refractivity contribution in [2.45, 2.75) is 0 Å². The second-order valence-corrected chi connectivity index (χ2v) is 5.99. The number of hydrogen-bond acceptors (Lipinski definition) is 3. The molecule has 0 spiro atoms. The first-order chi connectivity index (χ1) is 8.18. The largest absolute Gasteiger partial charge is 0.478 e. The van der Waals surface area contributed by atoms with Gasteiger partial charge >= 0.3 is 11.1 Å². The Morgan fingerprint density at radius 1 is 1.06 bits per heavy atom. The Labute approximate surface area is 102 Å². The highest BCUT2D eigenvalue weighted by Gasteiger charge is 2.31. The van der Waals surface area contributed by atoms with Crippen molar-refractivity contribution in [2.75, 3.05) is 24.6 Å². The number of carboxylic acids is 1. The fourth-order valence-electron chi connectivity index (χ4n) is 1.72. The summed E-state index contributed by atoms with van der Waals surface area (Å²) in [7, 11) is -0.207. The molecular weight excluding hydrogens is 238 g/mol. The molecule has 0 radical (unpaired) electrons. The number of carboxylic acid groups (broad SMARTS) is 1. The first-order valence-electron chi connectivity index (χ1n) is 5.44. The topological polar surface area (TPSA) is 66.4 Å². The van der Waals surface area contributed by atoms with E-state index in [-0.39, 0.29) is 21.6 Å². The van der Waals surface area contributed by atoms with Gasteiger partial charge in [0, 0.05) is 13.1 Å². The third kappa shape index (κ3) is 2.87. The summed E-state index contributed by atoms with van der Waals surface area (Å²) in [5, 5.41) is 12.1. The Morgan fingerprint density at radius 2 is 1.59 bits per heavy atom. The van der Waals surface area contributed by atoms with Crippen LogP contribution in [0.4, 0.5) is 0 Å². The van der Waals surface area contributed by atoms with Gasteiger partial charge in [0.2, 0.25) is 0 Å². The van der Waals surface area contributed by atoms with Gasteiger partial charge in [-0.15, -0.1) is 0 Å². The van der Waals surface area contributed by atoms with Crippen molar-refractivity contribution < 1.29 is 14.7 Å². The summed E-state index contributed by atoms with van der Waals surface area (Å²) in [5.74, 6) is 0.812. The lowest BCUT2D eigenvalue weighted by molar-refractivity contribution is 0.0696. The molecular formula is C12H14NO3S+. The molecule has 0 amide bonds. The van der Waals surface area contributed by atoms with Crippen LogP contribution in [0.25, 0.3) is 0 Å². The van der Waals surface area contributed by atoms with Crippen LogP contribution in [0.1, 0.15) is 20.7 Å². The highest BCUT2D eigenvalue weighted by molar-refractivity contribution is 8.11. The summed E-state index contributed by atoms with van der Waals surface area (Å²) in [6.07, 6.45) is 0. The molecule has 17 heavy (non-hydrogen) atoms. The Morgan fingerprint density at radius 3 is 2.12 bits per heavy atom. The van der Waals surface area contributed by atoms with Gasteiger partial charge in [-0.1, -0.05) is 0 Å². The van der Waals surface area contributed by atoms with Crippen LogP contribution in [0.3, 0.4) is 0 Å². The van der Waals surface area contributed by atoms with Gasteiger partial charge in [-0.25, -0.2) is 9.59 Å². The van der Waals surface area contributed by atoms with Crippen LogP contribution < -0.4 is 5.32 Å². The van der Waals surface area contributed by atoms with E-state index in [2.05, 4.69) is 5.32 Å². The van der Waals surface area contributed by atoms with Gasteiger partial charge < -0.3 is 10.4 Å². The van der Waals surface area contributed by atoms with Crippen molar-refractivity contribution in [1.82, 2.24) is 5.32 Å². The maximum Gasteiger partial charge on any atom is 0.362 e. The molecule has 1 heterocycles. The molecule has 0 aliphatic carbocycles. The Bertz CT molecular complexity index is 424. The molecule has 2 rings (SSSR count). The minimum atomic E-state index is -0.965. The van der Waals surface area contributed by atoms with E-state index in [0.717, 1.165) is 24.6 Å². The monoisotopic (exact) mass is 252 g/mol. The van der Waals surface area contributed by atoms with Gasteiger partial charge in [0.15, 0.2) is 0 Å². The molecule has 2 N–H and O–H groups in total. The van der Waals surface area contributed by atoms with Crippen molar-refractivity contribution >= 4 is 22.0 Å². The molecule has 0 unspecified atom stereocenters. The van der Waals surface area contributed by atoms with Crippen LogP contribution >= 0.6 is 0 Å². The van der Waals surface area contributed by atoms with E-state index >= 15 is 0 Å². The van der Waals surface area contributed by atoms with E-state index < -0.39 is 5.97 Å². The molecule has 0 saturated carbocycles. The summed E-state index contributed by atoms with van der Waals surface area (Å²) >= 11 is 0. The Hall–Kier alpha value is -1.33. The summed E-state index contributed by atoms with van der Waals surface area (Å²) in [5.41, 5.74) is 0.843. The minimum Gasteiger partial charge on any atom is -0.478 e. The lowest BCUT2D eigenvalue weighted by Gasteiger charge is -2.13. The molecule has 0 aromatic heterocycles. The fraction of sp³-hybridized carbons (Fsp3) is 0.333. The molecule has 1 saturated heterocycles. The number of benzene rings is 1. The van der Waals surface area contributed by atoms with Gasteiger partial charge in [-0.3, -0.25) is 0 Å². The third-order valence-electron chi connectivity index (χ3n) is 2.68. The zero-order chi connectivity index (χ0) is 12.3. The summed E-state index contributed by atoms with van der Waals surface area (Å²) in [4.78, 5) is 22.8. The minimum absolute atomic E-state index is 0.156. The standard InChI is InChI=1S/C12H13NO3S/c14-11(15)9-1-3-10(4-2-9)12(16)17-7-5-13-6-8-17/h1-4,13H,5-8H2/p+1. The smallest absolute Gasteiger partial charge is 0.362 e. The molecule has 90 valence electrons. The molecule has 5 heteroatoms. The highest BCUT2D eigenvalue weighted by atomic mass is 32.2. The number of carbonyl (C=O) groups is 2. The number of carbonyl (C=O) groups excluding carboxylic acids is 1. The number of nitrogens with one attached hydrogen (secondary N) is 1. The summed E-state index contributed by atoms with van der Waals surface area (Å²) < 4.78 is 0. The molecule has 1 aromatic carbocycles. The van der Waals surface area contributed by atoms with Crippen LogP contribution in [0.5, 0.6) is 0 Å². The van der Waals surface area contributed by atoms with Crippen molar-refractivity contribution in [3.8, 4) is 0 Å². The molecule has 1 aliphatic rings. The molecule has 4 nitrogen and oxygen atoms in total. The van der Waals surface area contributed by atoms with Gasteiger partial charge in [0.25, 0.3) is 0 Å². The van der Waals surface area contributed by atoms with E-state index in [1.165, 1.54) is 12.1 Å². The normalized spacial score (nSPS) is 16.7. The van der Waals surface area contributed by atoms with Crippen LogP contribution in [-0.4, -0.2) is 40.8 Å². The number of aromatic carboxylic acids is 1. The van der Waals surface area contributed by atoms with E-state index in [0.29, 0.717) is 5.56 Å². The average molecular weight is 252 g/mol. The van der Waals surface area contributed by atoms with Crippen molar-refractivity contribution in [2.24, 2.45) is 0 Å². The van der Waals surface area contributed by atoms with Crippen LogP contribution in [0.15, 0.2) is 24.3 Å². The van der Waals surface area contributed by atoms with E-state index in [1.54, 1.807) is 12.1 Å². The Kier molecular flexibility index (Phi) is 3.81. The van der Waals surface area contributed by atoms with Crippen molar-refractivity contribution in [1.29, 1.82) is 0 Å². The molecule has 0 bridgehead atoms. The predicted molar refractivity (Wildman–Crippen MR) is 67.7 cm³/mol. The van der Waals surface area contributed by atoms with Gasteiger partial charge in [-0.2, -0.15) is 0 Å². The van der Waals surface area contributed by atoms with Crippen LogP contribution in [-0.2, 0) is 10.9 Å². The summed E-state index contributed by atoms with van der Waals surface area (Å²) in [6, 6.07) is 6.20. The second-order valence-electron chi connectivity index (χ2n) is 3.82. The van der Waals surface area contributed by atoms with E-state index in [9.17, 15) is 9.59 Å². The fourth-order valence-corrected chi connectivity index (χ4v) is 3.54. The van der Waals surface area contributed by atoms with Gasteiger partial charge in [0.05, 0.1) is 22.0 Å². The maximum atomic E-state index is 12.1. The molecule has 1 aromatic rings. The molecule has 0 atom stereocenters. The number of hydrogen-bond donors (Lipinski definition) is 2. The lowest BCUT2D eigenvalue weighted by atomic mass is 10.1. The van der Waals surface area contributed by atoms with E-state index in [4.69, 9.17) is 5.11 Å². The highest BCUT2D eigenvalue weighted by Crippen LogP contribution is 2.12. The van der Waals surface area contributed by atoms with Crippen molar-refractivity contribution in [3.63, 3.8) is 0 Å². The number of rotatable bonds is 2. The van der Waals surface area contributed by atoms with Crippen molar-refractivity contribution in [3.05, 3.63) is 35.4 Å². The van der Waals surface area contributed by atoms with Gasteiger partial charge in [0.1, 0.15) is 11.5 Å². The zero-order valence-electron chi connectivity index (χ0n) is 9.31. The predicted octanol–water partition coefficient (Wildman–Crippen LogP) is 0.746. The second kappa shape index (κ2) is 5.33. The molecule has 1 aliphatic heterocycles. The van der Waals surface area contributed by atoms with Crippen LogP contribution in [0.2, 0.25) is 0 Å². The SMILES string of the molecule is O=C(O)c1ccc(C(=O)[S+]2CCNCC2)cc1. The lowest BCUT2D eigenvalue weighted by Crippen LogP contribution is -2.39. The third-order valence-corrected chi connectivity index (χ3v) is 4.83. The average Bonchev–Trinajstić information content (AvgIpc) is 2.39. The first kappa shape index (κ1) is 12.1. The Balaban J connectivity index is 2.10. The quantitative estimate of drug-likeness (QED) is 0.762. The first-order valence-corrected chi connectivity index (χ1v) is 7.00. The van der Waals surface area contributed by atoms with Crippen LogP contribution in [0, 0.1) is 0 Å². The zero-order valence-corrected chi connectivity index (χ0v) is 10.1. The molecule has 1 fully saturated rings. The maximum absolute atomic E-state index is 12.1. The van der Waals surface area contributed by atoms with E-state index in [1.807, 2.05) is 0 Å². The van der Waals surface area contributed by atoms with Gasteiger partial charge in [-0.05, 0) is 24.3 Å². The summed E-state index contributed by atoms with van der Waals surface area (Å²) in [6.45, 7) is 1.78.